The Bertz CT molecular complexity index is 1680. The van der Waals surface area contributed by atoms with Gasteiger partial charge in [0.1, 0.15) is 5.75 Å². The highest BCUT2D eigenvalue weighted by Gasteiger charge is 2.31. The zero-order valence-electron chi connectivity index (χ0n) is 19.5. The van der Waals surface area contributed by atoms with E-state index in [4.69, 9.17) is 10.7 Å². The molecule has 36 heavy (non-hydrogen) atoms. The van der Waals surface area contributed by atoms with Crippen LogP contribution in [0, 0.1) is 0 Å². The summed E-state index contributed by atoms with van der Waals surface area (Å²) >= 11 is 0. The van der Waals surface area contributed by atoms with Gasteiger partial charge < -0.3 is 5.11 Å². The van der Waals surface area contributed by atoms with E-state index >= 15 is 0 Å². The topological polar surface area (TPSA) is 171 Å². The molecule has 0 saturated heterocycles. The van der Waals surface area contributed by atoms with Crippen LogP contribution in [0.3, 0.4) is 0 Å². The van der Waals surface area contributed by atoms with Gasteiger partial charge in [0.05, 0.1) is 31.6 Å². The number of azo groups is 1. The van der Waals surface area contributed by atoms with Gasteiger partial charge in [0.15, 0.2) is 0 Å². The summed E-state index contributed by atoms with van der Waals surface area (Å²) in [6.45, 7) is 4.41. The molecule has 11 nitrogen and oxygen atoms in total. The van der Waals surface area contributed by atoms with E-state index < -0.39 is 39.6 Å². The number of nitrogens with zero attached hydrogens (tertiary/aromatic N) is 2. The number of benzene rings is 3. The van der Waals surface area contributed by atoms with Crippen LogP contribution in [0.1, 0.15) is 20.8 Å². The molecule has 0 fully saturated rings. The monoisotopic (exact) mass is 574 g/mol. The van der Waals surface area contributed by atoms with Crippen molar-refractivity contribution in [1.82, 2.24) is 4.72 Å². The maximum Gasteiger partial charge on any atom is 0.261 e. The molecule has 0 radical (unpaired) electrons. The van der Waals surface area contributed by atoms with Crippen LogP contribution in [0.5, 0.6) is 5.75 Å². The van der Waals surface area contributed by atoms with E-state index in [1.165, 1.54) is 70.3 Å². The van der Waals surface area contributed by atoms with Crippen LogP contribution in [0.4, 0.5) is 17.1 Å². The Morgan fingerprint density at radius 2 is 1.53 bits per heavy atom. The predicted molar refractivity (Wildman–Crippen MR) is 138 cm³/mol. The molecular formula is C21H23ClN4O7S3. The van der Waals surface area contributed by atoms with Gasteiger partial charge in [-0.15, -0.1) is 5.11 Å². The van der Waals surface area contributed by atoms with Gasteiger partial charge >= 0.3 is 0 Å². The van der Waals surface area contributed by atoms with Gasteiger partial charge in [-0.25, -0.2) is 30.0 Å². The number of phenols is 1. The molecule has 194 valence electrons. The minimum Gasteiger partial charge on any atom is -0.505 e. The maximum atomic E-state index is 12.7. The van der Waals surface area contributed by atoms with Crippen LogP contribution in [0.15, 0.2) is 68.6 Å². The van der Waals surface area contributed by atoms with E-state index in [0.29, 0.717) is 0 Å². The zero-order valence-corrected chi connectivity index (χ0v) is 22.7. The lowest BCUT2D eigenvalue weighted by Crippen LogP contribution is -2.33. The Morgan fingerprint density at radius 1 is 0.917 bits per heavy atom. The number of aromatic hydroxyl groups is 1. The molecule has 0 spiro atoms. The number of nitrogens with one attached hydrogen (secondary N) is 2. The molecule has 0 aliphatic rings. The summed E-state index contributed by atoms with van der Waals surface area (Å²) in [5.74, 6) is -0.499. The highest BCUT2D eigenvalue weighted by atomic mass is 35.7. The summed E-state index contributed by atoms with van der Waals surface area (Å²) in [7, 11) is -5.41. The average Bonchev–Trinajstić information content (AvgIpc) is 2.78. The molecule has 3 aromatic rings. The SMILES string of the molecule is CNS(=O)(=O)c1cccc2c(O)c(NS(=O)(=O)C(C)(C)C)cc(/N=N/c3ccc(S(=O)(=O)Cl)cc3)c12. The second kappa shape index (κ2) is 9.59. The van der Waals surface area contributed by atoms with E-state index in [1.807, 2.05) is 0 Å². The molecule has 0 aliphatic carbocycles. The van der Waals surface area contributed by atoms with Gasteiger partial charge in [-0.3, -0.25) is 4.72 Å². The van der Waals surface area contributed by atoms with E-state index in [1.54, 1.807) is 0 Å². The Morgan fingerprint density at radius 3 is 2.06 bits per heavy atom. The molecular weight excluding hydrogens is 552 g/mol. The third-order valence-corrected chi connectivity index (χ3v) is 10.0. The first-order valence-corrected chi connectivity index (χ1v) is 15.5. The molecule has 0 aromatic heterocycles. The summed E-state index contributed by atoms with van der Waals surface area (Å²) in [6.07, 6.45) is 0. The van der Waals surface area contributed by atoms with Crippen LogP contribution in [0.2, 0.25) is 0 Å². The van der Waals surface area contributed by atoms with Crippen LogP contribution >= 0.6 is 10.7 Å². The Hall–Kier alpha value is -2.78. The number of anilines is 1. The predicted octanol–water partition coefficient (Wildman–Crippen LogP) is 4.34. The van der Waals surface area contributed by atoms with Crippen molar-refractivity contribution < 1.29 is 30.4 Å². The van der Waals surface area contributed by atoms with Crippen LogP contribution in [-0.2, 0) is 29.1 Å². The van der Waals surface area contributed by atoms with Crippen molar-refractivity contribution in [1.29, 1.82) is 0 Å². The third kappa shape index (κ3) is 5.62. The van der Waals surface area contributed by atoms with E-state index in [9.17, 15) is 30.4 Å². The Labute approximate surface area is 213 Å². The minimum atomic E-state index is -4.02. The summed E-state index contributed by atoms with van der Waals surface area (Å²) in [4.78, 5) is -0.375. The quantitative estimate of drug-likeness (QED) is 0.214. The third-order valence-electron chi connectivity index (χ3n) is 5.07. The van der Waals surface area contributed by atoms with Crippen molar-refractivity contribution in [3.8, 4) is 5.75 Å². The highest BCUT2D eigenvalue weighted by molar-refractivity contribution is 8.13. The number of hydrogen-bond donors (Lipinski definition) is 3. The number of halogens is 1. The number of rotatable bonds is 7. The lowest BCUT2D eigenvalue weighted by Gasteiger charge is -2.22. The smallest absolute Gasteiger partial charge is 0.261 e. The summed E-state index contributed by atoms with van der Waals surface area (Å²) < 4.78 is 77.1. The number of fused-ring (bicyclic) bond motifs is 1. The normalized spacial score (nSPS) is 13.4. The lowest BCUT2D eigenvalue weighted by atomic mass is 10.1. The number of sulfonamides is 2. The molecule has 0 heterocycles. The molecule has 0 unspecified atom stereocenters. The first kappa shape index (κ1) is 27.8. The van der Waals surface area contributed by atoms with Gasteiger partial charge in [0.25, 0.3) is 9.05 Å². The first-order chi connectivity index (χ1) is 16.5. The fraction of sp³-hybridized carbons (Fsp3) is 0.238. The largest absolute Gasteiger partial charge is 0.505 e. The molecule has 3 aromatic carbocycles. The molecule has 0 aliphatic heterocycles. The standard InChI is InChI=1S/C21H23ClN4O7S3/c1-21(2,3)36(32,33)26-17-12-16(25-24-13-8-10-14(11-9-13)34(22,28)29)19-15(20(17)27)6-5-7-18(19)35(30,31)23-4/h5-12,23,26-27H,1-4H3/b25-24+. The molecule has 3 N–H and O–H groups in total. The first-order valence-electron chi connectivity index (χ1n) is 10.2. The van der Waals surface area contributed by atoms with Gasteiger partial charge in [-0.05, 0) is 64.2 Å². The van der Waals surface area contributed by atoms with Crippen LogP contribution < -0.4 is 9.44 Å². The van der Waals surface area contributed by atoms with Gasteiger partial charge in [-0.1, -0.05) is 12.1 Å². The van der Waals surface area contributed by atoms with Gasteiger partial charge in [0, 0.05) is 21.5 Å². The van der Waals surface area contributed by atoms with Gasteiger partial charge in [0.2, 0.25) is 20.0 Å². The fourth-order valence-electron chi connectivity index (χ4n) is 2.99. The molecule has 15 heteroatoms. The van der Waals surface area contributed by atoms with Crippen molar-refractivity contribution in [2.45, 2.75) is 35.3 Å². The van der Waals surface area contributed by atoms with Gasteiger partial charge in [-0.2, -0.15) is 5.11 Å². The van der Waals surface area contributed by atoms with E-state index in [0.717, 1.165) is 6.07 Å². The van der Waals surface area contributed by atoms with Crippen LogP contribution in [0.25, 0.3) is 10.8 Å². The molecule has 0 bridgehead atoms. The summed E-state index contributed by atoms with van der Waals surface area (Å²) in [5, 5.41) is 19.0. The van der Waals surface area contributed by atoms with E-state index in [-0.39, 0.29) is 37.6 Å². The molecule has 0 atom stereocenters. The van der Waals surface area contributed by atoms with Crippen molar-refractivity contribution in [3.05, 3.63) is 48.5 Å². The van der Waals surface area contributed by atoms with Crippen molar-refractivity contribution in [2.24, 2.45) is 10.2 Å². The number of phenolic OH excluding ortho intramolecular Hbond substituents is 1. The zero-order chi connectivity index (χ0) is 27.1. The van der Waals surface area contributed by atoms with Crippen molar-refractivity contribution >= 4 is 67.6 Å². The molecule has 0 amide bonds. The van der Waals surface area contributed by atoms with Crippen LogP contribution in [-0.4, -0.2) is 42.2 Å². The second-order valence-corrected chi connectivity index (χ2v) is 15.4. The summed E-state index contributed by atoms with van der Waals surface area (Å²) in [6, 6.07) is 10.3. The van der Waals surface area contributed by atoms with Crippen molar-refractivity contribution in [2.75, 3.05) is 11.8 Å². The summed E-state index contributed by atoms with van der Waals surface area (Å²) in [5.41, 5.74) is -0.0992. The number of hydrogen-bond acceptors (Lipinski definition) is 9. The second-order valence-electron chi connectivity index (χ2n) is 8.53. The van der Waals surface area contributed by atoms with E-state index in [2.05, 4.69) is 19.7 Å². The highest BCUT2D eigenvalue weighted by Crippen LogP contribution is 2.43. The fourth-order valence-corrected chi connectivity index (χ4v) is 5.47. The lowest BCUT2D eigenvalue weighted by molar-refractivity contribution is 0.483. The molecule has 0 saturated carbocycles. The molecule has 3 rings (SSSR count). The average molecular weight is 575 g/mol. The maximum absolute atomic E-state index is 12.7. The Kier molecular flexibility index (Phi) is 7.41. The Balaban J connectivity index is 2.28. The van der Waals surface area contributed by atoms with Crippen molar-refractivity contribution in [3.63, 3.8) is 0 Å². The minimum absolute atomic E-state index is 0.00763.